The first-order chi connectivity index (χ1) is 10.7. The molecule has 0 saturated carbocycles. The van der Waals surface area contributed by atoms with Gasteiger partial charge < -0.3 is 14.8 Å². The minimum atomic E-state index is -0.575. The quantitative estimate of drug-likeness (QED) is 0.861. The van der Waals surface area contributed by atoms with Crippen LogP contribution in [0.15, 0.2) is 53.1 Å². The second-order valence-electron chi connectivity index (χ2n) is 6.14. The Morgan fingerprint density at radius 2 is 2.09 bits per heavy atom. The maximum Gasteiger partial charge on any atom is 0.133 e. The van der Waals surface area contributed by atoms with Crippen molar-refractivity contribution in [2.45, 2.75) is 38.1 Å². The highest BCUT2D eigenvalue weighted by atomic mass is 16.4. The molecule has 0 spiro atoms. The topological polar surface area (TPSA) is 48.6 Å². The number of nitrogens with zero attached hydrogens (tertiary/aromatic N) is 1. The summed E-state index contributed by atoms with van der Waals surface area (Å²) in [7, 11) is 0. The molecule has 4 nitrogen and oxygen atoms in total. The molecule has 4 heteroatoms. The van der Waals surface area contributed by atoms with Crippen LogP contribution >= 0.6 is 0 Å². The van der Waals surface area contributed by atoms with E-state index in [-0.39, 0.29) is 0 Å². The molecule has 1 aromatic carbocycles. The van der Waals surface area contributed by atoms with Crippen LogP contribution in [0.3, 0.4) is 0 Å². The van der Waals surface area contributed by atoms with Gasteiger partial charge in [-0.2, -0.15) is 0 Å². The van der Waals surface area contributed by atoms with E-state index >= 15 is 0 Å². The Labute approximate surface area is 131 Å². The average Bonchev–Trinajstić information content (AvgIpc) is 3.17. The lowest BCUT2D eigenvalue weighted by Crippen LogP contribution is -2.35. The fourth-order valence-corrected chi connectivity index (χ4v) is 3.14. The normalized spacial score (nSPS) is 23.7. The number of aliphatic hydroxyl groups is 1. The number of hydrogen-bond donors (Lipinski definition) is 2. The molecule has 22 heavy (non-hydrogen) atoms. The number of benzene rings is 1. The Hall–Kier alpha value is -1.62. The van der Waals surface area contributed by atoms with Gasteiger partial charge in [0.2, 0.25) is 0 Å². The van der Waals surface area contributed by atoms with E-state index in [1.54, 1.807) is 12.3 Å². The minimum Gasteiger partial charge on any atom is -0.467 e. The average molecular weight is 300 g/mol. The Morgan fingerprint density at radius 1 is 1.27 bits per heavy atom. The van der Waals surface area contributed by atoms with Crippen LogP contribution < -0.4 is 5.32 Å². The molecular weight excluding hydrogens is 276 g/mol. The van der Waals surface area contributed by atoms with E-state index < -0.39 is 6.10 Å². The molecule has 2 heterocycles. The van der Waals surface area contributed by atoms with E-state index in [4.69, 9.17) is 4.42 Å². The summed E-state index contributed by atoms with van der Waals surface area (Å²) in [6.45, 7) is 4.81. The fraction of sp³-hybridized carbons (Fsp3) is 0.444. The van der Waals surface area contributed by atoms with E-state index in [9.17, 15) is 5.11 Å². The van der Waals surface area contributed by atoms with Crippen molar-refractivity contribution in [1.29, 1.82) is 0 Å². The van der Waals surface area contributed by atoms with Gasteiger partial charge in [0.25, 0.3) is 0 Å². The molecule has 0 bridgehead atoms. The molecule has 1 aliphatic rings. The zero-order chi connectivity index (χ0) is 15.4. The van der Waals surface area contributed by atoms with Crippen molar-refractivity contribution in [2.24, 2.45) is 0 Å². The van der Waals surface area contributed by atoms with E-state index in [1.807, 2.05) is 6.07 Å². The zero-order valence-corrected chi connectivity index (χ0v) is 13.0. The summed E-state index contributed by atoms with van der Waals surface area (Å²) < 4.78 is 5.23. The number of furan rings is 1. The second kappa shape index (κ2) is 7.09. The molecule has 0 aliphatic carbocycles. The third-order valence-electron chi connectivity index (χ3n) is 4.40. The molecule has 0 amide bonds. The lowest BCUT2D eigenvalue weighted by Gasteiger charge is -2.21. The maximum atomic E-state index is 10.1. The lowest BCUT2D eigenvalue weighted by molar-refractivity contribution is 0.143. The predicted molar refractivity (Wildman–Crippen MR) is 86.4 cm³/mol. The highest BCUT2D eigenvalue weighted by Gasteiger charge is 2.29. The smallest absolute Gasteiger partial charge is 0.133 e. The van der Waals surface area contributed by atoms with Crippen LogP contribution in [-0.4, -0.2) is 35.2 Å². The summed E-state index contributed by atoms with van der Waals surface area (Å²) in [6, 6.07) is 15.2. The van der Waals surface area contributed by atoms with Gasteiger partial charge >= 0.3 is 0 Å². The lowest BCUT2D eigenvalue weighted by atomic mass is 10.1. The number of rotatable bonds is 6. The van der Waals surface area contributed by atoms with Gasteiger partial charge in [0.05, 0.1) is 6.26 Å². The van der Waals surface area contributed by atoms with Crippen LogP contribution in [-0.2, 0) is 6.54 Å². The Kier molecular flexibility index (Phi) is 4.93. The SMILES string of the molecule is CC1CC(NCC(O)c2ccco2)CN1Cc1ccccc1. The highest BCUT2D eigenvalue weighted by molar-refractivity contribution is 5.15. The third-order valence-corrected chi connectivity index (χ3v) is 4.40. The molecule has 118 valence electrons. The summed E-state index contributed by atoms with van der Waals surface area (Å²) in [5.74, 6) is 0.625. The molecule has 0 radical (unpaired) electrons. The van der Waals surface area contributed by atoms with Crippen LogP contribution in [0, 0.1) is 0 Å². The molecule has 1 aliphatic heterocycles. The van der Waals surface area contributed by atoms with E-state index in [1.165, 1.54) is 5.56 Å². The molecule has 3 rings (SSSR count). The number of hydrogen-bond acceptors (Lipinski definition) is 4. The van der Waals surface area contributed by atoms with Crippen molar-refractivity contribution in [1.82, 2.24) is 10.2 Å². The van der Waals surface area contributed by atoms with Crippen molar-refractivity contribution in [2.75, 3.05) is 13.1 Å². The molecule has 2 N–H and O–H groups in total. The Balaban J connectivity index is 1.48. The van der Waals surface area contributed by atoms with E-state index in [2.05, 4.69) is 47.5 Å². The first kappa shape index (κ1) is 15.3. The Morgan fingerprint density at radius 3 is 2.82 bits per heavy atom. The Bertz CT molecular complexity index is 556. The summed E-state index contributed by atoms with van der Waals surface area (Å²) in [6.07, 6.45) is 2.13. The number of aliphatic hydroxyl groups excluding tert-OH is 1. The van der Waals surface area contributed by atoms with Gasteiger partial charge in [-0.05, 0) is 31.0 Å². The monoisotopic (exact) mass is 300 g/mol. The zero-order valence-electron chi connectivity index (χ0n) is 13.0. The summed E-state index contributed by atoms with van der Waals surface area (Å²) in [5, 5.41) is 13.5. The van der Waals surface area contributed by atoms with Gasteiger partial charge in [0.1, 0.15) is 11.9 Å². The predicted octanol–water partition coefficient (Wildman–Crippen LogP) is 2.57. The van der Waals surface area contributed by atoms with E-state index in [0.29, 0.717) is 24.4 Å². The van der Waals surface area contributed by atoms with Gasteiger partial charge in [-0.3, -0.25) is 4.90 Å². The fourth-order valence-electron chi connectivity index (χ4n) is 3.14. The van der Waals surface area contributed by atoms with Crippen LogP contribution in [0.5, 0.6) is 0 Å². The van der Waals surface area contributed by atoms with Gasteiger partial charge in [-0.15, -0.1) is 0 Å². The maximum absolute atomic E-state index is 10.1. The summed E-state index contributed by atoms with van der Waals surface area (Å²) in [5.41, 5.74) is 1.35. The third kappa shape index (κ3) is 3.77. The summed E-state index contributed by atoms with van der Waals surface area (Å²) >= 11 is 0. The molecule has 1 aromatic heterocycles. The standard InChI is InChI=1S/C18H24N2O2/c1-14-10-16(19-11-17(21)18-8-5-9-22-18)13-20(14)12-15-6-3-2-4-7-15/h2-9,14,16-17,19,21H,10-13H2,1H3. The van der Waals surface area contributed by atoms with Crippen molar-refractivity contribution in [3.05, 3.63) is 60.1 Å². The molecule has 2 aromatic rings. The molecule has 3 atom stereocenters. The van der Waals surface area contributed by atoms with Gasteiger partial charge in [0.15, 0.2) is 0 Å². The van der Waals surface area contributed by atoms with Crippen molar-refractivity contribution >= 4 is 0 Å². The van der Waals surface area contributed by atoms with Crippen molar-refractivity contribution in [3.63, 3.8) is 0 Å². The van der Waals surface area contributed by atoms with Crippen LogP contribution in [0.1, 0.15) is 30.8 Å². The highest BCUT2D eigenvalue weighted by Crippen LogP contribution is 2.21. The van der Waals surface area contributed by atoms with Crippen LogP contribution in [0.2, 0.25) is 0 Å². The largest absolute Gasteiger partial charge is 0.467 e. The molecular formula is C18H24N2O2. The van der Waals surface area contributed by atoms with E-state index in [0.717, 1.165) is 19.5 Å². The van der Waals surface area contributed by atoms with Gasteiger partial charge in [-0.1, -0.05) is 30.3 Å². The molecule has 1 saturated heterocycles. The number of nitrogens with one attached hydrogen (secondary N) is 1. The number of likely N-dealkylation sites (tertiary alicyclic amines) is 1. The second-order valence-corrected chi connectivity index (χ2v) is 6.14. The minimum absolute atomic E-state index is 0.420. The first-order valence-corrected chi connectivity index (χ1v) is 7.95. The van der Waals surface area contributed by atoms with Crippen molar-refractivity contribution < 1.29 is 9.52 Å². The summed E-state index contributed by atoms with van der Waals surface area (Å²) in [4.78, 5) is 2.49. The van der Waals surface area contributed by atoms with Gasteiger partial charge in [0, 0.05) is 31.7 Å². The van der Waals surface area contributed by atoms with Crippen LogP contribution in [0.25, 0.3) is 0 Å². The first-order valence-electron chi connectivity index (χ1n) is 7.95. The van der Waals surface area contributed by atoms with Gasteiger partial charge in [-0.25, -0.2) is 0 Å². The van der Waals surface area contributed by atoms with Crippen LogP contribution in [0.4, 0.5) is 0 Å². The van der Waals surface area contributed by atoms with Crippen molar-refractivity contribution in [3.8, 4) is 0 Å². The molecule has 3 unspecified atom stereocenters. The molecule has 1 fully saturated rings.